The molecule has 2 nitrogen and oxygen atoms in total. The van der Waals surface area contributed by atoms with Crippen molar-refractivity contribution in [3.05, 3.63) is 35.6 Å². The molecule has 56 valence electrons. The topological polar surface area (TPSA) is 29.1 Å². The largest absolute Gasteiger partial charge is 0.326 e. The van der Waals surface area contributed by atoms with Crippen molar-refractivity contribution in [2.75, 3.05) is 0 Å². The SMILES string of the molecule is C=C1C=C2NC(=O)CC2=CC1. The fourth-order valence-electron chi connectivity index (χ4n) is 1.37. The van der Waals surface area contributed by atoms with Crippen LogP contribution in [-0.4, -0.2) is 5.91 Å². The summed E-state index contributed by atoms with van der Waals surface area (Å²) < 4.78 is 0. The normalized spacial score (nSPS) is 22.2. The molecule has 2 rings (SSSR count). The van der Waals surface area contributed by atoms with Crippen molar-refractivity contribution < 1.29 is 4.79 Å². The van der Waals surface area contributed by atoms with E-state index in [1.54, 1.807) is 0 Å². The second kappa shape index (κ2) is 2.09. The molecule has 0 atom stereocenters. The van der Waals surface area contributed by atoms with Crippen LogP contribution in [0.1, 0.15) is 12.8 Å². The average Bonchev–Trinajstić information content (AvgIpc) is 2.27. The fraction of sp³-hybridized carbons (Fsp3) is 0.222. The Balaban J connectivity index is 2.38. The second-order valence-corrected chi connectivity index (χ2v) is 2.87. The van der Waals surface area contributed by atoms with Crippen LogP contribution >= 0.6 is 0 Å². The minimum absolute atomic E-state index is 0.0946. The lowest BCUT2D eigenvalue weighted by Crippen LogP contribution is -2.12. The van der Waals surface area contributed by atoms with E-state index in [2.05, 4.69) is 18.0 Å². The highest BCUT2D eigenvalue weighted by molar-refractivity contribution is 5.87. The molecule has 1 heterocycles. The van der Waals surface area contributed by atoms with Gasteiger partial charge in [0.1, 0.15) is 0 Å². The molecule has 2 aliphatic rings. The molecule has 1 aliphatic carbocycles. The number of hydrogen-bond donors (Lipinski definition) is 1. The molecular formula is C9H9NO. The van der Waals surface area contributed by atoms with Gasteiger partial charge in [0.15, 0.2) is 0 Å². The molecule has 0 unspecified atom stereocenters. The lowest BCUT2D eigenvalue weighted by Gasteiger charge is -2.07. The first-order chi connectivity index (χ1) is 5.25. The summed E-state index contributed by atoms with van der Waals surface area (Å²) >= 11 is 0. The number of carbonyl (C=O) groups excluding carboxylic acids is 1. The summed E-state index contributed by atoms with van der Waals surface area (Å²) in [6.07, 6.45) is 5.43. The van der Waals surface area contributed by atoms with Crippen molar-refractivity contribution in [2.24, 2.45) is 0 Å². The molecule has 0 aromatic carbocycles. The number of nitrogens with one attached hydrogen (secondary N) is 1. The Kier molecular flexibility index (Phi) is 1.22. The predicted molar refractivity (Wildman–Crippen MR) is 42.7 cm³/mol. The first-order valence-corrected chi connectivity index (χ1v) is 3.64. The first kappa shape index (κ1) is 6.40. The summed E-state index contributed by atoms with van der Waals surface area (Å²) in [4.78, 5) is 10.9. The Morgan fingerprint density at radius 1 is 1.55 bits per heavy atom. The third-order valence-electron chi connectivity index (χ3n) is 1.93. The molecule has 1 N–H and O–H groups in total. The quantitative estimate of drug-likeness (QED) is 0.549. The second-order valence-electron chi connectivity index (χ2n) is 2.87. The van der Waals surface area contributed by atoms with E-state index in [1.165, 1.54) is 0 Å². The van der Waals surface area contributed by atoms with Crippen LogP contribution in [-0.2, 0) is 4.79 Å². The third-order valence-corrected chi connectivity index (χ3v) is 1.93. The summed E-state index contributed by atoms with van der Waals surface area (Å²) in [5.74, 6) is 0.0946. The van der Waals surface area contributed by atoms with E-state index >= 15 is 0 Å². The van der Waals surface area contributed by atoms with Gasteiger partial charge in [0.05, 0.1) is 6.42 Å². The number of fused-ring (bicyclic) bond motifs is 1. The molecule has 2 heteroatoms. The van der Waals surface area contributed by atoms with Gasteiger partial charge in [-0.05, 0) is 23.6 Å². The molecule has 0 aromatic rings. The lowest BCUT2D eigenvalue weighted by atomic mass is 10.0. The van der Waals surface area contributed by atoms with Crippen LogP contribution in [0.2, 0.25) is 0 Å². The van der Waals surface area contributed by atoms with Crippen molar-refractivity contribution in [1.29, 1.82) is 0 Å². The standard InChI is InChI=1S/C9H9NO/c1-6-2-3-7-5-9(11)10-8(7)4-6/h3-4H,1-2,5H2,(H,10,11). The van der Waals surface area contributed by atoms with Crippen LogP contribution in [0, 0.1) is 0 Å². The van der Waals surface area contributed by atoms with E-state index in [9.17, 15) is 4.79 Å². The maximum Gasteiger partial charge on any atom is 0.228 e. The molecule has 1 fully saturated rings. The fourth-order valence-corrected chi connectivity index (χ4v) is 1.37. The Labute approximate surface area is 65.3 Å². The van der Waals surface area contributed by atoms with Gasteiger partial charge in [-0.25, -0.2) is 0 Å². The van der Waals surface area contributed by atoms with Crippen LogP contribution in [0.15, 0.2) is 35.6 Å². The molecule has 0 radical (unpaired) electrons. The first-order valence-electron chi connectivity index (χ1n) is 3.64. The average molecular weight is 147 g/mol. The van der Waals surface area contributed by atoms with Crippen LogP contribution < -0.4 is 5.32 Å². The van der Waals surface area contributed by atoms with Crippen molar-refractivity contribution >= 4 is 5.91 Å². The van der Waals surface area contributed by atoms with E-state index in [0.29, 0.717) is 6.42 Å². The summed E-state index contributed by atoms with van der Waals surface area (Å²) in [7, 11) is 0. The molecule has 0 saturated carbocycles. The van der Waals surface area contributed by atoms with Crippen molar-refractivity contribution in [3.63, 3.8) is 0 Å². The van der Waals surface area contributed by atoms with E-state index < -0.39 is 0 Å². The highest BCUT2D eigenvalue weighted by Gasteiger charge is 2.21. The zero-order chi connectivity index (χ0) is 7.84. The number of hydrogen-bond acceptors (Lipinski definition) is 1. The maximum atomic E-state index is 10.9. The molecular weight excluding hydrogens is 138 g/mol. The van der Waals surface area contributed by atoms with Gasteiger partial charge in [-0.1, -0.05) is 12.7 Å². The van der Waals surface area contributed by atoms with Crippen molar-refractivity contribution in [1.82, 2.24) is 5.32 Å². The number of allylic oxidation sites excluding steroid dienone is 4. The minimum atomic E-state index is 0.0946. The zero-order valence-corrected chi connectivity index (χ0v) is 6.18. The number of carbonyl (C=O) groups is 1. The van der Waals surface area contributed by atoms with E-state index in [1.807, 2.05) is 6.08 Å². The van der Waals surface area contributed by atoms with Crippen molar-refractivity contribution in [2.45, 2.75) is 12.8 Å². The molecule has 11 heavy (non-hydrogen) atoms. The smallest absolute Gasteiger partial charge is 0.228 e. The van der Waals surface area contributed by atoms with Crippen LogP contribution in [0.4, 0.5) is 0 Å². The predicted octanol–water partition coefficient (Wildman–Crippen LogP) is 1.28. The monoisotopic (exact) mass is 147 g/mol. The Morgan fingerprint density at radius 2 is 2.36 bits per heavy atom. The van der Waals surface area contributed by atoms with Gasteiger partial charge in [0.2, 0.25) is 5.91 Å². The van der Waals surface area contributed by atoms with E-state index in [0.717, 1.165) is 23.3 Å². The van der Waals surface area contributed by atoms with Crippen LogP contribution in [0.3, 0.4) is 0 Å². The zero-order valence-electron chi connectivity index (χ0n) is 6.18. The van der Waals surface area contributed by atoms with Gasteiger partial charge in [-0.2, -0.15) is 0 Å². The Bertz CT molecular complexity index is 297. The van der Waals surface area contributed by atoms with Gasteiger partial charge in [-0.3, -0.25) is 4.79 Å². The molecule has 0 bridgehead atoms. The van der Waals surface area contributed by atoms with Gasteiger partial charge >= 0.3 is 0 Å². The number of amides is 1. The Morgan fingerprint density at radius 3 is 3.18 bits per heavy atom. The van der Waals surface area contributed by atoms with E-state index in [-0.39, 0.29) is 5.91 Å². The lowest BCUT2D eigenvalue weighted by molar-refractivity contribution is -0.118. The minimum Gasteiger partial charge on any atom is -0.326 e. The van der Waals surface area contributed by atoms with Gasteiger partial charge in [-0.15, -0.1) is 0 Å². The summed E-state index contributed by atoms with van der Waals surface area (Å²) in [6, 6.07) is 0. The maximum absolute atomic E-state index is 10.9. The third kappa shape index (κ3) is 1.00. The molecule has 1 amide bonds. The molecule has 1 saturated heterocycles. The summed E-state index contributed by atoms with van der Waals surface area (Å²) in [5.41, 5.74) is 3.14. The highest BCUT2D eigenvalue weighted by atomic mass is 16.1. The van der Waals surface area contributed by atoms with Crippen molar-refractivity contribution in [3.8, 4) is 0 Å². The van der Waals surface area contributed by atoms with Crippen LogP contribution in [0.25, 0.3) is 0 Å². The Hall–Kier alpha value is -1.31. The van der Waals surface area contributed by atoms with Crippen LogP contribution in [0.5, 0.6) is 0 Å². The number of rotatable bonds is 0. The van der Waals surface area contributed by atoms with Gasteiger partial charge in [0, 0.05) is 5.70 Å². The molecule has 1 aliphatic heterocycles. The van der Waals surface area contributed by atoms with Gasteiger partial charge in [0.25, 0.3) is 0 Å². The highest BCUT2D eigenvalue weighted by Crippen LogP contribution is 2.26. The van der Waals surface area contributed by atoms with E-state index in [4.69, 9.17) is 0 Å². The van der Waals surface area contributed by atoms with Gasteiger partial charge < -0.3 is 5.32 Å². The molecule has 0 spiro atoms. The summed E-state index contributed by atoms with van der Waals surface area (Å²) in [6.45, 7) is 3.83. The summed E-state index contributed by atoms with van der Waals surface area (Å²) in [5, 5.41) is 2.78. The molecule has 0 aromatic heterocycles.